The summed E-state index contributed by atoms with van der Waals surface area (Å²) in [5.74, 6) is -4.62. The Bertz CT molecular complexity index is 938. The maximum Gasteiger partial charge on any atom is 0.244 e. The first-order valence-corrected chi connectivity index (χ1v) is 9.87. The van der Waals surface area contributed by atoms with Crippen LogP contribution in [0.5, 0.6) is 0 Å². The number of hydrogen-bond donors (Lipinski definition) is 1. The van der Waals surface area contributed by atoms with E-state index in [1.54, 1.807) is 0 Å². The van der Waals surface area contributed by atoms with Crippen molar-refractivity contribution in [3.05, 3.63) is 71.1 Å². The van der Waals surface area contributed by atoms with Gasteiger partial charge in [-0.1, -0.05) is 12.1 Å². The number of carbonyl (C=O) groups excluding carboxylic acids is 1. The number of rotatable bonds is 5. The molecule has 4 nitrogen and oxygen atoms in total. The van der Waals surface area contributed by atoms with E-state index in [1.807, 2.05) is 45.0 Å². The van der Waals surface area contributed by atoms with E-state index in [4.69, 9.17) is 4.74 Å². The molecule has 1 heterocycles. The zero-order valence-electron chi connectivity index (χ0n) is 17.2. The summed E-state index contributed by atoms with van der Waals surface area (Å²) in [4.78, 5) is 14.5. The summed E-state index contributed by atoms with van der Waals surface area (Å²) in [7, 11) is 0. The number of nitrogens with one attached hydrogen (secondary N) is 1. The second-order valence-corrected chi connectivity index (χ2v) is 7.59. The molecule has 7 heteroatoms. The average Bonchev–Trinajstić information content (AvgIpc) is 2.71. The van der Waals surface area contributed by atoms with Gasteiger partial charge in [0.2, 0.25) is 5.91 Å². The number of halogens is 3. The summed E-state index contributed by atoms with van der Waals surface area (Å²) in [5, 5.41) is 2.80. The van der Waals surface area contributed by atoms with Crippen LogP contribution >= 0.6 is 0 Å². The molecule has 0 bridgehead atoms. The fourth-order valence-corrected chi connectivity index (χ4v) is 3.56. The van der Waals surface area contributed by atoms with Crippen molar-refractivity contribution < 1.29 is 22.7 Å². The van der Waals surface area contributed by atoms with Crippen LogP contribution in [-0.2, 0) is 9.53 Å². The molecule has 1 aliphatic heterocycles. The van der Waals surface area contributed by atoms with Crippen molar-refractivity contribution in [2.75, 3.05) is 18.0 Å². The lowest BCUT2D eigenvalue weighted by Crippen LogP contribution is -2.45. The van der Waals surface area contributed by atoms with Gasteiger partial charge >= 0.3 is 0 Å². The number of anilines is 1. The highest BCUT2D eigenvalue weighted by molar-refractivity contribution is 5.92. The third-order valence-electron chi connectivity index (χ3n) is 4.99. The molecule has 160 valence electrons. The molecule has 1 N–H and O–H groups in total. The number of amides is 1. The SMILES string of the molecule is C[C@@H]1CN(c2cccc([C@H](C)NC(=O)C=Cc3ccc(F)c(F)c3F)c2)C[C@H](C)O1. The molecule has 1 aliphatic rings. The number of hydrogen-bond acceptors (Lipinski definition) is 3. The smallest absolute Gasteiger partial charge is 0.244 e. The third kappa shape index (κ3) is 5.21. The fourth-order valence-electron chi connectivity index (χ4n) is 3.56. The van der Waals surface area contributed by atoms with Crippen molar-refractivity contribution in [2.24, 2.45) is 0 Å². The van der Waals surface area contributed by atoms with E-state index in [2.05, 4.69) is 10.2 Å². The largest absolute Gasteiger partial charge is 0.372 e. The van der Waals surface area contributed by atoms with Gasteiger partial charge in [-0.15, -0.1) is 0 Å². The first kappa shape index (κ1) is 21.9. The maximum atomic E-state index is 13.7. The minimum absolute atomic E-state index is 0.136. The molecule has 0 radical (unpaired) electrons. The lowest BCUT2D eigenvalue weighted by atomic mass is 10.1. The summed E-state index contributed by atoms with van der Waals surface area (Å²) in [6, 6.07) is 9.49. The van der Waals surface area contributed by atoms with Crippen molar-refractivity contribution >= 4 is 17.7 Å². The second-order valence-electron chi connectivity index (χ2n) is 7.59. The molecular formula is C23H25F3N2O2. The van der Waals surface area contributed by atoms with Gasteiger partial charge < -0.3 is 15.0 Å². The van der Waals surface area contributed by atoms with Crippen LogP contribution in [0.3, 0.4) is 0 Å². The van der Waals surface area contributed by atoms with Gasteiger partial charge in [0.15, 0.2) is 17.5 Å². The zero-order chi connectivity index (χ0) is 21.8. The summed E-state index contributed by atoms with van der Waals surface area (Å²) >= 11 is 0. The van der Waals surface area contributed by atoms with Crippen LogP contribution in [0.15, 0.2) is 42.5 Å². The first-order chi connectivity index (χ1) is 14.2. The number of morpholine rings is 1. The molecule has 30 heavy (non-hydrogen) atoms. The van der Waals surface area contributed by atoms with E-state index in [0.29, 0.717) is 0 Å². The molecule has 0 spiro atoms. The van der Waals surface area contributed by atoms with Gasteiger partial charge in [-0.3, -0.25) is 4.79 Å². The molecule has 1 amide bonds. The van der Waals surface area contributed by atoms with Crippen molar-refractivity contribution in [1.29, 1.82) is 0 Å². The van der Waals surface area contributed by atoms with E-state index in [9.17, 15) is 18.0 Å². The molecule has 1 saturated heterocycles. The highest BCUT2D eigenvalue weighted by Crippen LogP contribution is 2.24. The topological polar surface area (TPSA) is 41.6 Å². The van der Waals surface area contributed by atoms with Gasteiger partial charge in [0, 0.05) is 30.4 Å². The van der Waals surface area contributed by atoms with E-state index >= 15 is 0 Å². The summed E-state index contributed by atoms with van der Waals surface area (Å²) in [6.07, 6.45) is 2.49. The Hall–Kier alpha value is -2.80. The highest BCUT2D eigenvalue weighted by Gasteiger charge is 2.23. The Labute approximate surface area is 174 Å². The van der Waals surface area contributed by atoms with E-state index in [0.717, 1.165) is 48.6 Å². The van der Waals surface area contributed by atoms with Crippen LogP contribution in [0.4, 0.5) is 18.9 Å². The minimum atomic E-state index is -1.56. The number of ether oxygens (including phenoxy) is 1. The second kappa shape index (κ2) is 9.34. The molecular weight excluding hydrogens is 393 g/mol. The quantitative estimate of drug-likeness (QED) is 0.570. The Morgan fingerprint density at radius 2 is 1.83 bits per heavy atom. The fraction of sp³-hybridized carbons (Fsp3) is 0.348. The van der Waals surface area contributed by atoms with Gasteiger partial charge in [-0.25, -0.2) is 13.2 Å². The summed E-state index contributed by atoms with van der Waals surface area (Å²) in [5.41, 5.74) is 1.77. The van der Waals surface area contributed by atoms with Gasteiger partial charge in [-0.05, 0) is 56.7 Å². The first-order valence-electron chi connectivity index (χ1n) is 9.87. The molecule has 0 saturated carbocycles. The van der Waals surface area contributed by atoms with E-state index < -0.39 is 23.4 Å². The molecule has 2 aromatic carbocycles. The van der Waals surface area contributed by atoms with Crippen LogP contribution in [0, 0.1) is 17.5 Å². The molecule has 1 fully saturated rings. The Balaban J connectivity index is 1.66. The molecule has 0 aromatic heterocycles. The van der Waals surface area contributed by atoms with Crippen LogP contribution in [-0.4, -0.2) is 31.2 Å². The predicted molar refractivity (Wildman–Crippen MR) is 111 cm³/mol. The van der Waals surface area contributed by atoms with Crippen molar-refractivity contribution in [3.63, 3.8) is 0 Å². The average molecular weight is 418 g/mol. The van der Waals surface area contributed by atoms with Crippen molar-refractivity contribution in [1.82, 2.24) is 5.32 Å². The Morgan fingerprint density at radius 3 is 2.53 bits per heavy atom. The van der Waals surface area contributed by atoms with Crippen molar-refractivity contribution in [2.45, 2.75) is 39.0 Å². The number of benzene rings is 2. The lowest BCUT2D eigenvalue weighted by Gasteiger charge is -2.37. The van der Waals surface area contributed by atoms with E-state index in [-0.39, 0.29) is 23.8 Å². The lowest BCUT2D eigenvalue weighted by molar-refractivity contribution is -0.117. The standard InChI is InChI=1S/C23H25F3N2O2/c1-14-12-28(13-15(2)30-14)19-6-4-5-18(11-19)16(3)27-21(29)10-8-17-7-9-20(24)23(26)22(17)25/h4-11,14-16H,12-13H2,1-3H3,(H,27,29)/t14-,15+,16-/m0/s1. The third-order valence-corrected chi connectivity index (χ3v) is 4.99. The van der Waals surface area contributed by atoms with Gasteiger partial charge in [0.05, 0.1) is 18.2 Å². The Morgan fingerprint density at radius 1 is 1.13 bits per heavy atom. The molecule has 3 rings (SSSR count). The van der Waals surface area contributed by atoms with Crippen LogP contribution in [0.1, 0.15) is 37.9 Å². The maximum absolute atomic E-state index is 13.7. The highest BCUT2D eigenvalue weighted by atomic mass is 19.2. The Kier molecular flexibility index (Phi) is 6.82. The van der Waals surface area contributed by atoms with Crippen LogP contribution in [0.2, 0.25) is 0 Å². The summed E-state index contributed by atoms with van der Waals surface area (Å²) in [6.45, 7) is 7.50. The minimum Gasteiger partial charge on any atom is -0.372 e. The van der Waals surface area contributed by atoms with Gasteiger partial charge in [0.25, 0.3) is 0 Å². The van der Waals surface area contributed by atoms with E-state index in [1.165, 1.54) is 0 Å². The van der Waals surface area contributed by atoms with Crippen LogP contribution < -0.4 is 10.2 Å². The molecule has 0 unspecified atom stereocenters. The predicted octanol–water partition coefficient (Wildman–Crippen LogP) is 4.61. The van der Waals surface area contributed by atoms with Gasteiger partial charge in [-0.2, -0.15) is 0 Å². The molecule has 0 aliphatic carbocycles. The summed E-state index contributed by atoms with van der Waals surface area (Å²) < 4.78 is 45.8. The number of nitrogens with zero attached hydrogens (tertiary/aromatic N) is 1. The normalized spacial score (nSPS) is 20.4. The molecule has 3 atom stereocenters. The zero-order valence-corrected chi connectivity index (χ0v) is 17.2. The van der Waals surface area contributed by atoms with Crippen LogP contribution in [0.25, 0.3) is 6.08 Å². The van der Waals surface area contributed by atoms with Gasteiger partial charge in [0.1, 0.15) is 0 Å². The van der Waals surface area contributed by atoms with Crippen molar-refractivity contribution in [3.8, 4) is 0 Å². The molecule has 2 aromatic rings. The monoisotopic (exact) mass is 418 g/mol. The number of carbonyl (C=O) groups is 1.